The average Bonchev–Trinajstić information content (AvgIpc) is 2.48. The summed E-state index contributed by atoms with van der Waals surface area (Å²) in [6.07, 6.45) is 8.30. The third-order valence-corrected chi connectivity index (χ3v) is 3.25. The molecule has 2 rings (SSSR count). The molecular weight excluding hydrogens is 190 g/mol. The maximum Gasteiger partial charge on any atom is 0.170 e. The Hall–Kier alpha value is -1.19. The van der Waals surface area contributed by atoms with Crippen molar-refractivity contribution < 1.29 is 4.79 Å². The Bertz CT molecular complexity index is 338. The Morgan fingerprint density at radius 1 is 1.27 bits per heavy atom. The number of carbonyl (C=O) groups is 1. The van der Waals surface area contributed by atoms with Gasteiger partial charge in [-0.2, -0.15) is 0 Å². The van der Waals surface area contributed by atoms with Crippen molar-refractivity contribution in [2.45, 2.75) is 44.4 Å². The molecule has 0 N–H and O–H groups in total. The molecule has 1 fully saturated rings. The van der Waals surface area contributed by atoms with Gasteiger partial charge in [-0.1, -0.05) is 30.9 Å². The molecule has 4 heteroatoms. The van der Waals surface area contributed by atoms with Gasteiger partial charge in [-0.15, -0.1) is 5.10 Å². The number of hydrogen-bond acceptors (Lipinski definition) is 3. The Morgan fingerprint density at radius 3 is 2.53 bits per heavy atom. The minimum absolute atomic E-state index is 0.446. The summed E-state index contributed by atoms with van der Waals surface area (Å²) >= 11 is 0. The van der Waals surface area contributed by atoms with Crippen LogP contribution in [0.4, 0.5) is 0 Å². The summed E-state index contributed by atoms with van der Waals surface area (Å²) in [7, 11) is 1.77. The van der Waals surface area contributed by atoms with Crippen molar-refractivity contribution in [1.82, 2.24) is 15.0 Å². The van der Waals surface area contributed by atoms with Crippen molar-refractivity contribution >= 4 is 6.29 Å². The van der Waals surface area contributed by atoms with Crippen molar-refractivity contribution in [3.8, 4) is 0 Å². The lowest BCUT2D eigenvalue weighted by molar-refractivity contribution is 0.111. The molecule has 0 atom stereocenters. The number of carbonyl (C=O) groups excluding carboxylic acids is 1. The number of hydrogen-bond donors (Lipinski definition) is 0. The molecule has 0 radical (unpaired) electrons. The van der Waals surface area contributed by atoms with E-state index in [0.29, 0.717) is 11.6 Å². The molecule has 1 saturated carbocycles. The predicted octanol–water partition coefficient (Wildman–Crippen LogP) is 2.07. The third-order valence-electron chi connectivity index (χ3n) is 3.25. The topological polar surface area (TPSA) is 47.8 Å². The molecular formula is C11H17N3O. The van der Waals surface area contributed by atoms with Crippen LogP contribution in [0, 0.1) is 0 Å². The molecule has 1 heterocycles. The van der Waals surface area contributed by atoms with Gasteiger partial charge in [0.25, 0.3) is 0 Å². The largest absolute Gasteiger partial charge is 0.296 e. The molecule has 1 aliphatic rings. The highest BCUT2D eigenvalue weighted by atomic mass is 16.1. The van der Waals surface area contributed by atoms with Crippen molar-refractivity contribution in [2.24, 2.45) is 7.05 Å². The normalized spacial score (nSPS) is 18.7. The molecule has 0 amide bonds. The Labute approximate surface area is 89.7 Å². The monoisotopic (exact) mass is 207 g/mol. The molecule has 1 aliphatic carbocycles. The van der Waals surface area contributed by atoms with E-state index < -0.39 is 0 Å². The molecule has 1 aromatic rings. The molecule has 1 aromatic heterocycles. The fourth-order valence-electron chi connectivity index (χ4n) is 2.36. The van der Waals surface area contributed by atoms with Crippen LogP contribution in [0.3, 0.4) is 0 Å². The molecule has 82 valence electrons. The SMILES string of the molecule is Cn1nnc(C2CCCCCC2)c1C=O. The summed E-state index contributed by atoms with van der Waals surface area (Å²) in [6.45, 7) is 0. The first-order valence-electron chi connectivity index (χ1n) is 5.67. The van der Waals surface area contributed by atoms with Crippen LogP contribution in [0.25, 0.3) is 0 Å². The zero-order chi connectivity index (χ0) is 10.7. The number of nitrogens with zero attached hydrogens (tertiary/aromatic N) is 3. The van der Waals surface area contributed by atoms with Gasteiger partial charge >= 0.3 is 0 Å². The summed E-state index contributed by atoms with van der Waals surface area (Å²) in [4.78, 5) is 10.9. The molecule has 0 aliphatic heterocycles. The molecule has 0 spiro atoms. The molecule has 0 bridgehead atoms. The quantitative estimate of drug-likeness (QED) is 0.551. The molecule has 4 nitrogen and oxygen atoms in total. The molecule has 15 heavy (non-hydrogen) atoms. The zero-order valence-electron chi connectivity index (χ0n) is 9.15. The predicted molar refractivity (Wildman–Crippen MR) is 56.8 cm³/mol. The molecule has 0 aromatic carbocycles. The van der Waals surface area contributed by atoms with Gasteiger partial charge in [0.05, 0.1) is 5.69 Å². The van der Waals surface area contributed by atoms with Crippen molar-refractivity contribution in [1.29, 1.82) is 0 Å². The van der Waals surface area contributed by atoms with E-state index >= 15 is 0 Å². The number of rotatable bonds is 2. The van der Waals surface area contributed by atoms with Crippen LogP contribution in [-0.2, 0) is 7.05 Å². The Balaban J connectivity index is 2.22. The second kappa shape index (κ2) is 4.55. The lowest BCUT2D eigenvalue weighted by atomic mass is 9.95. The van der Waals surface area contributed by atoms with Crippen LogP contribution >= 0.6 is 0 Å². The summed E-state index contributed by atoms with van der Waals surface area (Å²) in [6, 6.07) is 0. The zero-order valence-corrected chi connectivity index (χ0v) is 9.15. The first-order valence-corrected chi connectivity index (χ1v) is 5.67. The minimum atomic E-state index is 0.446. The van der Waals surface area contributed by atoms with Crippen molar-refractivity contribution in [3.63, 3.8) is 0 Å². The van der Waals surface area contributed by atoms with E-state index in [4.69, 9.17) is 0 Å². The van der Waals surface area contributed by atoms with Crippen LogP contribution in [0.5, 0.6) is 0 Å². The van der Waals surface area contributed by atoms with Gasteiger partial charge in [0.2, 0.25) is 0 Å². The van der Waals surface area contributed by atoms with Gasteiger partial charge in [-0.25, -0.2) is 4.68 Å². The average molecular weight is 207 g/mol. The molecule has 0 saturated heterocycles. The van der Waals surface area contributed by atoms with Gasteiger partial charge < -0.3 is 0 Å². The lowest BCUT2D eigenvalue weighted by Crippen LogP contribution is -2.04. The van der Waals surface area contributed by atoms with Gasteiger partial charge in [0.1, 0.15) is 5.69 Å². The number of aryl methyl sites for hydroxylation is 1. The second-order valence-electron chi connectivity index (χ2n) is 4.29. The highest BCUT2D eigenvalue weighted by Crippen LogP contribution is 2.31. The van der Waals surface area contributed by atoms with E-state index in [1.54, 1.807) is 11.7 Å². The minimum Gasteiger partial charge on any atom is -0.296 e. The van der Waals surface area contributed by atoms with Crippen LogP contribution in [0.2, 0.25) is 0 Å². The van der Waals surface area contributed by atoms with Gasteiger partial charge in [0.15, 0.2) is 6.29 Å². The van der Waals surface area contributed by atoms with Gasteiger partial charge in [-0.05, 0) is 12.8 Å². The third kappa shape index (κ3) is 2.08. The van der Waals surface area contributed by atoms with Crippen LogP contribution in [0.1, 0.15) is 60.6 Å². The van der Waals surface area contributed by atoms with E-state index in [1.807, 2.05) is 0 Å². The summed E-state index contributed by atoms with van der Waals surface area (Å²) in [5.41, 5.74) is 1.57. The maximum atomic E-state index is 10.9. The fourth-order valence-corrected chi connectivity index (χ4v) is 2.36. The highest BCUT2D eigenvalue weighted by Gasteiger charge is 2.21. The van der Waals surface area contributed by atoms with E-state index in [-0.39, 0.29) is 0 Å². The van der Waals surface area contributed by atoms with Crippen LogP contribution in [-0.4, -0.2) is 21.3 Å². The lowest BCUT2D eigenvalue weighted by Gasteiger charge is -2.10. The van der Waals surface area contributed by atoms with E-state index in [1.165, 1.54) is 25.7 Å². The van der Waals surface area contributed by atoms with Crippen LogP contribution in [0.15, 0.2) is 0 Å². The first kappa shape index (κ1) is 10.3. The summed E-state index contributed by atoms with van der Waals surface area (Å²) in [5, 5.41) is 8.06. The van der Waals surface area contributed by atoms with Gasteiger partial charge in [0, 0.05) is 13.0 Å². The Morgan fingerprint density at radius 2 is 1.93 bits per heavy atom. The van der Waals surface area contributed by atoms with E-state index in [2.05, 4.69) is 10.3 Å². The van der Waals surface area contributed by atoms with E-state index in [9.17, 15) is 4.79 Å². The molecule has 0 unspecified atom stereocenters. The fraction of sp³-hybridized carbons (Fsp3) is 0.727. The maximum absolute atomic E-state index is 10.9. The van der Waals surface area contributed by atoms with Crippen molar-refractivity contribution in [3.05, 3.63) is 11.4 Å². The van der Waals surface area contributed by atoms with Gasteiger partial charge in [-0.3, -0.25) is 4.79 Å². The van der Waals surface area contributed by atoms with Crippen molar-refractivity contribution in [2.75, 3.05) is 0 Å². The highest BCUT2D eigenvalue weighted by molar-refractivity contribution is 5.73. The smallest absolute Gasteiger partial charge is 0.170 e. The summed E-state index contributed by atoms with van der Waals surface area (Å²) in [5.74, 6) is 0.446. The number of aromatic nitrogens is 3. The summed E-state index contributed by atoms with van der Waals surface area (Å²) < 4.78 is 1.58. The second-order valence-corrected chi connectivity index (χ2v) is 4.29. The number of aldehydes is 1. The standard InChI is InChI=1S/C11H17N3O/c1-14-10(8-15)11(12-13-14)9-6-4-2-3-5-7-9/h8-9H,2-7H2,1H3. The Kier molecular flexibility index (Phi) is 3.14. The van der Waals surface area contributed by atoms with E-state index in [0.717, 1.165) is 24.8 Å². The van der Waals surface area contributed by atoms with Crippen LogP contribution < -0.4 is 0 Å². The first-order chi connectivity index (χ1) is 7.33.